The first kappa shape index (κ1) is 16.3. The van der Waals surface area contributed by atoms with E-state index in [0.717, 1.165) is 11.3 Å². The topological polar surface area (TPSA) is 78.5 Å². The molecule has 0 unspecified atom stereocenters. The Morgan fingerprint density at radius 3 is 2.64 bits per heavy atom. The van der Waals surface area contributed by atoms with E-state index in [1.54, 1.807) is 4.90 Å². The standard InChI is InChI=1S/C15H19N3O3S/c1-2-12-22(20,21)17-9-3-4-13-5-7-14(8-6-13)18-11-10-16-15(18)19/h5-8,17H,2,9-12H2,1H3,(H,16,19). The van der Waals surface area contributed by atoms with Crippen molar-refractivity contribution in [3.05, 3.63) is 29.8 Å². The molecule has 1 aromatic rings. The van der Waals surface area contributed by atoms with Crippen LogP contribution in [0.25, 0.3) is 0 Å². The molecule has 0 atom stereocenters. The van der Waals surface area contributed by atoms with Crippen LogP contribution in [0.3, 0.4) is 0 Å². The van der Waals surface area contributed by atoms with Crippen molar-refractivity contribution in [3.8, 4) is 11.8 Å². The van der Waals surface area contributed by atoms with Gasteiger partial charge in [-0.3, -0.25) is 4.90 Å². The molecule has 22 heavy (non-hydrogen) atoms. The Morgan fingerprint density at radius 2 is 2.05 bits per heavy atom. The van der Waals surface area contributed by atoms with Crippen molar-refractivity contribution in [1.82, 2.24) is 10.0 Å². The SMILES string of the molecule is CCCS(=O)(=O)NCC#Cc1ccc(N2CCNC2=O)cc1. The molecule has 6 nitrogen and oxygen atoms in total. The molecular formula is C15H19N3O3S. The Labute approximate surface area is 130 Å². The van der Waals surface area contributed by atoms with Crippen molar-refractivity contribution < 1.29 is 13.2 Å². The lowest BCUT2D eigenvalue weighted by molar-refractivity contribution is 0.252. The van der Waals surface area contributed by atoms with Gasteiger partial charge in [-0.2, -0.15) is 0 Å². The Hall–Kier alpha value is -2.04. The van der Waals surface area contributed by atoms with Gasteiger partial charge >= 0.3 is 6.03 Å². The zero-order valence-corrected chi connectivity index (χ0v) is 13.2. The molecular weight excluding hydrogens is 302 g/mol. The van der Waals surface area contributed by atoms with Gasteiger partial charge in [-0.05, 0) is 30.7 Å². The molecule has 1 heterocycles. The van der Waals surface area contributed by atoms with E-state index in [4.69, 9.17) is 0 Å². The highest BCUT2D eigenvalue weighted by atomic mass is 32.2. The summed E-state index contributed by atoms with van der Waals surface area (Å²) in [5.41, 5.74) is 1.60. The number of nitrogens with zero attached hydrogens (tertiary/aromatic N) is 1. The molecule has 2 rings (SSSR count). The summed E-state index contributed by atoms with van der Waals surface area (Å²) in [5.74, 6) is 5.79. The Kier molecular flexibility index (Phi) is 5.41. The van der Waals surface area contributed by atoms with Crippen LogP contribution in [0.1, 0.15) is 18.9 Å². The molecule has 7 heteroatoms. The Bertz CT molecular complexity index is 687. The van der Waals surface area contributed by atoms with Crippen LogP contribution in [0, 0.1) is 11.8 Å². The number of anilines is 1. The van der Waals surface area contributed by atoms with Gasteiger partial charge in [-0.25, -0.2) is 17.9 Å². The summed E-state index contributed by atoms with van der Waals surface area (Å²) >= 11 is 0. The molecule has 1 aliphatic heterocycles. The molecule has 0 aromatic heterocycles. The van der Waals surface area contributed by atoms with Crippen molar-refractivity contribution in [1.29, 1.82) is 0 Å². The molecule has 0 saturated carbocycles. The number of nitrogens with one attached hydrogen (secondary N) is 2. The predicted molar refractivity (Wildman–Crippen MR) is 86.1 cm³/mol. The van der Waals surface area contributed by atoms with Crippen LogP contribution in [-0.4, -0.2) is 39.8 Å². The first-order valence-corrected chi connectivity index (χ1v) is 8.79. The molecule has 1 fully saturated rings. The largest absolute Gasteiger partial charge is 0.336 e. The van der Waals surface area contributed by atoms with Gasteiger partial charge in [-0.15, -0.1) is 0 Å². The number of sulfonamides is 1. The highest BCUT2D eigenvalue weighted by molar-refractivity contribution is 7.89. The van der Waals surface area contributed by atoms with Gasteiger partial charge in [0, 0.05) is 24.3 Å². The maximum Gasteiger partial charge on any atom is 0.321 e. The van der Waals surface area contributed by atoms with Crippen LogP contribution in [0.4, 0.5) is 10.5 Å². The van der Waals surface area contributed by atoms with Gasteiger partial charge < -0.3 is 5.32 Å². The van der Waals surface area contributed by atoms with Crippen molar-refractivity contribution in [3.63, 3.8) is 0 Å². The Morgan fingerprint density at radius 1 is 1.32 bits per heavy atom. The predicted octanol–water partition coefficient (Wildman–Crippen LogP) is 0.897. The number of carbonyl (C=O) groups excluding carboxylic acids is 1. The number of hydrogen-bond acceptors (Lipinski definition) is 3. The summed E-state index contributed by atoms with van der Waals surface area (Å²) in [6, 6.07) is 7.19. The summed E-state index contributed by atoms with van der Waals surface area (Å²) in [7, 11) is -3.21. The number of benzene rings is 1. The number of urea groups is 1. The van der Waals surface area contributed by atoms with E-state index < -0.39 is 10.0 Å². The van der Waals surface area contributed by atoms with E-state index in [1.807, 2.05) is 31.2 Å². The zero-order chi connectivity index (χ0) is 16.0. The fourth-order valence-electron chi connectivity index (χ4n) is 2.08. The molecule has 2 N–H and O–H groups in total. The van der Waals surface area contributed by atoms with Crippen LogP contribution >= 0.6 is 0 Å². The van der Waals surface area contributed by atoms with Crippen molar-refractivity contribution in [2.45, 2.75) is 13.3 Å². The van der Waals surface area contributed by atoms with Crippen LogP contribution in [-0.2, 0) is 10.0 Å². The van der Waals surface area contributed by atoms with E-state index in [-0.39, 0.29) is 18.3 Å². The van der Waals surface area contributed by atoms with Crippen molar-refractivity contribution in [2.24, 2.45) is 0 Å². The van der Waals surface area contributed by atoms with Crippen LogP contribution in [0.15, 0.2) is 24.3 Å². The smallest absolute Gasteiger partial charge is 0.321 e. The maximum absolute atomic E-state index is 11.5. The van der Waals surface area contributed by atoms with E-state index in [2.05, 4.69) is 21.9 Å². The molecule has 0 spiro atoms. The van der Waals surface area contributed by atoms with E-state index >= 15 is 0 Å². The average molecular weight is 321 g/mol. The zero-order valence-electron chi connectivity index (χ0n) is 12.4. The number of carbonyl (C=O) groups is 1. The highest BCUT2D eigenvalue weighted by Crippen LogP contribution is 2.16. The lowest BCUT2D eigenvalue weighted by Gasteiger charge is -2.13. The first-order chi connectivity index (χ1) is 10.5. The second-order valence-corrected chi connectivity index (χ2v) is 6.80. The van der Waals surface area contributed by atoms with Crippen LogP contribution in [0.2, 0.25) is 0 Å². The minimum absolute atomic E-state index is 0.0934. The third-order valence-corrected chi connectivity index (χ3v) is 4.65. The number of hydrogen-bond donors (Lipinski definition) is 2. The Balaban J connectivity index is 1.92. The van der Waals surface area contributed by atoms with Gasteiger partial charge in [0.15, 0.2) is 0 Å². The lowest BCUT2D eigenvalue weighted by Crippen LogP contribution is -2.27. The second-order valence-electron chi connectivity index (χ2n) is 4.87. The van der Waals surface area contributed by atoms with Gasteiger partial charge in [0.1, 0.15) is 0 Å². The lowest BCUT2D eigenvalue weighted by atomic mass is 10.2. The van der Waals surface area contributed by atoms with Crippen molar-refractivity contribution >= 4 is 21.7 Å². The summed E-state index contributed by atoms with van der Waals surface area (Å²) in [5, 5.41) is 2.74. The fraction of sp³-hybridized carbons (Fsp3) is 0.400. The summed E-state index contributed by atoms with van der Waals surface area (Å²) in [6.07, 6.45) is 0.578. The molecule has 118 valence electrons. The monoisotopic (exact) mass is 321 g/mol. The summed E-state index contributed by atoms with van der Waals surface area (Å²) < 4.78 is 25.3. The van der Waals surface area contributed by atoms with Gasteiger partial charge in [-0.1, -0.05) is 18.8 Å². The molecule has 0 radical (unpaired) electrons. The minimum atomic E-state index is -3.21. The van der Waals surface area contributed by atoms with Gasteiger partial charge in [0.05, 0.1) is 12.3 Å². The van der Waals surface area contributed by atoms with E-state index in [9.17, 15) is 13.2 Å². The van der Waals surface area contributed by atoms with E-state index in [1.165, 1.54) is 0 Å². The molecule has 0 bridgehead atoms. The molecule has 1 aliphatic rings. The van der Waals surface area contributed by atoms with Gasteiger partial charge in [0.25, 0.3) is 0 Å². The molecule has 0 aliphatic carbocycles. The van der Waals surface area contributed by atoms with Crippen LogP contribution < -0.4 is 14.9 Å². The second kappa shape index (κ2) is 7.29. The summed E-state index contributed by atoms with van der Waals surface area (Å²) in [4.78, 5) is 13.2. The summed E-state index contributed by atoms with van der Waals surface area (Å²) in [6.45, 7) is 3.22. The molecule has 1 aromatic carbocycles. The molecule has 1 saturated heterocycles. The average Bonchev–Trinajstić information content (AvgIpc) is 2.90. The number of amides is 2. The van der Waals surface area contributed by atoms with E-state index in [0.29, 0.717) is 19.5 Å². The quantitative estimate of drug-likeness (QED) is 0.791. The highest BCUT2D eigenvalue weighted by Gasteiger charge is 2.20. The third kappa shape index (κ3) is 4.48. The molecule has 2 amide bonds. The number of rotatable bonds is 5. The third-order valence-electron chi connectivity index (χ3n) is 3.12. The normalized spacial score (nSPS) is 14.4. The minimum Gasteiger partial charge on any atom is -0.336 e. The van der Waals surface area contributed by atoms with Crippen molar-refractivity contribution in [2.75, 3.05) is 30.3 Å². The van der Waals surface area contributed by atoms with Crippen LogP contribution in [0.5, 0.6) is 0 Å². The maximum atomic E-state index is 11.5. The van der Waals surface area contributed by atoms with Gasteiger partial charge in [0.2, 0.25) is 10.0 Å². The fourth-order valence-corrected chi connectivity index (χ4v) is 3.05. The first-order valence-electron chi connectivity index (χ1n) is 7.13.